The highest BCUT2D eigenvalue weighted by Crippen LogP contribution is 2.36. The van der Waals surface area contributed by atoms with Crippen molar-refractivity contribution in [3.63, 3.8) is 0 Å². The van der Waals surface area contributed by atoms with E-state index >= 15 is 0 Å². The zero-order valence-corrected chi connectivity index (χ0v) is 21.8. The molecular formula is C23H21BrN4O4S2. The van der Waals surface area contributed by atoms with E-state index in [-0.39, 0.29) is 17.7 Å². The third kappa shape index (κ3) is 5.11. The number of methoxy groups -OCH3 is 1. The van der Waals surface area contributed by atoms with E-state index in [1.807, 2.05) is 60.2 Å². The molecule has 0 radical (unpaired) electrons. The molecule has 34 heavy (non-hydrogen) atoms. The molecule has 11 heteroatoms. The number of anilines is 1. The molecule has 0 atom stereocenters. The fourth-order valence-electron chi connectivity index (χ4n) is 3.32. The second-order valence-corrected chi connectivity index (χ2v) is 10.0. The first-order chi connectivity index (χ1) is 16.4. The second kappa shape index (κ2) is 10.6. The Labute approximate surface area is 212 Å². The standard InChI is InChI=1S/C23H21BrN4O4S2/c1-13(2)28-20(16-9-10-17(24)32-16)26-27-23(28)34-12-18(29)25-21-19(22(30)31-3)15(11-33-21)14-7-5-4-6-8-14/h4-11,13H,12H2,1-3H3,(H,25,29). The topological polar surface area (TPSA) is 99.2 Å². The van der Waals surface area contributed by atoms with Gasteiger partial charge in [0.1, 0.15) is 10.6 Å². The average molecular weight is 561 g/mol. The third-order valence-electron chi connectivity index (χ3n) is 4.83. The fraction of sp³-hybridized carbons (Fsp3) is 0.217. The minimum absolute atomic E-state index is 0.0519. The summed E-state index contributed by atoms with van der Waals surface area (Å²) in [7, 11) is 1.32. The van der Waals surface area contributed by atoms with Crippen LogP contribution >= 0.6 is 39.0 Å². The van der Waals surface area contributed by atoms with Crippen LogP contribution in [-0.2, 0) is 9.53 Å². The maximum atomic E-state index is 12.8. The number of amides is 1. The van der Waals surface area contributed by atoms with Gasteiger partial charge in [-0.15, -0.1) is 21.5 Å². The molecule has 0 saturated carbocycles. The van der Waals surface area contributed by atoms with Crippen molar-refractivity contribution in [1.29, 1.82) is 0 Å². The highest BCUT2D eigenvalue weighted by Gasteiger charge is 2.23. The van der Waals surface area contributed by atoms with Crippen LogP contribution in [0.2, 0.25) is 0 Å². The number of esters is 1. The van der Waals surface area contributed by atoms with Gasteiger partial charge in [-0.05, 0) is 47.5 Å². The van der Waals surface area contributed by atoms with Crippen molar-refractivity contribution in [2.75, 3.05) is 18.2 Å². The number of halogens is 1. The highest BCUT2D eigenvalue weighted by molar-refractivity contribution is 9.10. The molecule has 0 saturated heterocycles. The first kappa shape index (κ1) is 24.2. The van der Waals surface area contributed by atoms with Gasteiger partial charge in [0.25, 0.3) is 0 Å². The van der Waals surface area contributed by atoms with Gasteiger partial charge in [0, 0.05) is 17.0 Å². The monoisotopic (exact) mass is 560 g/mol. The van der Waals surface area contributed by atoms with E-state index < -0.39 is 5.97 Å². The lowest BCUT2D eigenvalue weighted by Crippen LogP contribution is -2.16. The van der Waals surface area contributed by atoms with Crippen LogP contribution in [0.3, 0.4) is 0 Å². The smallest absolute Gasteiger partial charge is 0.341 e. The van der Waals surface area contributed by atoms with E-state index in [1.165, 1.54) is 30.2 Å². The first-order valence-corrected chi connectivity index (χ1v) is 12.9. The van der Waals surface area contributed by atoms with Crippen LogP contribution in [0, 0.1) is 0 Å². The molecule has 8 nitrogen and oxygen atoms in total. The van der Waals surface area contributed by atoms with Crippen LogP contribution in [0.4, 0.5) is 5.00 Å². The predicted octanol–water partition coefficient (Wildman–Crippen LogP) is 6.13. The second-order valence-electron chi connectivity index (χ2n) is 7.42. The quantitative estimate of drug-likeness (QED) is 0.204. The third-order valence-corrected chi connectivity index (χ3v) is 7.09. The van der Waals surface area contributed by atoms with E-state index in [4.69, 9.17) is 9.15 Å². The number of carbonyl (C=O) groups excluding carboxylic acids is 2. The molecular weight excluding hydrogens is 540 g/mol. The molecule has 3 heterocycles. The van der Waals surface area contributed by atoms with Gasteiger partial charge in [-0.25, -0.2) is 4.79 Å². The average Bonchev–Trinajstić information content (AvgIpc) is 3.55. The van der Waals surface area contributed by atoms with Crippen molar-refractivity contribution in [3.05, 3.63) is 58.1 Å². The maximum Gasteiger partial charge on any atom is 0.341 e. The van der Waals surface area contributed by atoms with E-state index in [0.29, 0.717) is 37.5 Å². The zero-order valence-electron chi connectivity index (χ0n) is 18.6. The lowest BCUT2D eigenvalue weighted by molar-refractivity contribution is -0.113. The van der Waals surface area contributed by atoms with Crippen molar-refractivity contribution in [2.45, 2.75) is 25.0 Å². The van der Waals surface area contributed by atoms with Crippen molar-refractivity contribution in [1.82, 2.24) is 14.8 Å². The molecule has 0 unspecified atom stereocenters. The van der Waals surface area contributed by atoms with Crippen molar-refractivity contribution < 1.29 is 18.7 Å². The van der Waals surface area contributed by atoms with Crippen LogP contribution in [0.5, 0.6) is 0 Å². The first-order valence-electron chi connectivity index (χ1n) is 10.3. The van der Waals surface area contributed by atoms with E-state index in [1.54, 1.807) is 6.07 Å². The summed E-state index contributed by atoms with van der Waals surface area (Å²) in [6.45, 7) is 4.02. The number of hydrogen-bond acceptors (Lipinski definition) is 8. The van der Waals surface area contributed by atoms with Gasteiger partial charge in [-0.2, -0.15) is 0 Å². The number of benzene rings is 1. The Bertz CT molecular complexity index is 1310. The molecule has 0 spiro atoms. The number of thioether (sulfide) groups is 1. The molecule has 1 N–H and O–H groups in total. The number of nitrogens with one attached hydrogen (secondary N) is 1. The summed E-state index contributed by atoms with van der Waals surface area (Å²) in [4.78, 5) is 25.3. The summed E-state index contributed by atoms with van der Waals surface area (Å²) < 4.78 is 13.1. The lowest BCUT2D eigenvalue weighted by atomic mass is 10.0. The van der Waals surface area contributed by atoms with Crippen LogP contribution in [0.25, 0.3) is 22.7 Å². The Morgan fingerprint density at radius 3 is 2.62 bits per heavy atom. The van der Waals surface area contributed by atoms with E-state index in [9.17, 15) is 9.59 Å². The van der Waals surface area contributed by atoms with Crippen LogP contribution in [-0.4, -0.2) is 39.5 Å². The van der Waals surface area contributed by atoms with E-state index in [2.05, 4.69) is 31.4 Å². The lowest BCUT2D eigenvalue weighted by Gasteiger charge is -2.12. The number of rotatable bonds is 8. The number of furan rings is 1. The molecule has 3 aromatic heterocycles. The van der Waals surface area contributed by atoms with Crippen LogP contribution in [0.15, 0.2) is 62.1 Å². The van der Waals surface area contributed by atoms with Crippen molar-refractivity contribution in [3.8, 4) is 22.7 Å². The zero-order chi connectivity index (χ0) is 24.2. The van der Waals surface area contributed by atoms with E-state index in [0.717, 1.165) is 5.56 Å². The molecule has 176 valence electrons. The molecule has 0 fully saturated rings. The summed E-state index contributed by atoms with van der Waals surface area (Å²) >= 11 is 5.85. The van der Waals surface area contributed by atoms with Crippen LogP contribution in [0.1, 0.15) is 30.2 Å². The Hall–Kier alpha value is -2.89. The molecule has 1 aromatic carbocycles. The number of carbonyl (C=O) groups is 2. The van der Waals surface area contributed by atoms with Crippen molar-refractivity contribution >= 4 is 55.9 Å². The number of nitrogens with zero attached hydrogens (tertiary/aromatic N) is 3. The fourth-order valence-corrected chi connectivity index (χ4v) is 5.47. The Morgan fingerprint density at radius 2 is 1.97 bits per heavy atom. The molecule has 0 aliphatic rings. The van der Waals surface area contributed by atoms with Crippen molar-refractivity contribution in [2.24, 2.45) is 0 Å². The number of ether oxygens (including phenoxy) is 1. The highest BCUT2D eigenvalue weighted by atomic mass is 79.9. The predicted molar refractivity (Wildman–Crippen MR) is 136 cm³/mol. The number of thiophene rings is 1. The Balaban J connectivity index is 1.52. The van der Waals surface area contributed by atoms with Gasteiger partial charge >= 0.3 is 5.97 Å². The summed E-state index contributed by atoms with van der Waals surface area (Å²) in [5.74, 6) is 0.488. The molecule has 1 amide bonds. The number of hydrogen-bond donors (Lipinski definition) is 1. The maximum absolute atomic E-state index is 12.8. The summed E-state index contributed by atoms with van der Waals surface area (Å²) in [5.41, 5.74) is 1.93. The normalized spacial score (nSPS) is 11.1. The molecule has 4 aromatic rings. The van der Waals surface area contributed by atoms with Crippen LogP contribution < -0.4 is 5.32 Å². The minimum Gasteiger partial charge on any atom is -0.465 e. The summed E-state index contributed by atoms with van der Waals surface area (Å²) in [6, 6.07) is 13.2. The molecule has 4 rings (SSSR count). The molecule has 0 aliphatic heterocycles. The molecule has 0 aliphatic carbocycles. The van der Waals surface area contributed by atoms with Gasteiger partial charge < -0.3 is 14.5 Å². The Morgan fingerprint density at radius 1 is 1.21 bits per heavy atom. The molecule has 0 bridgehead atoms. The largest absolute Gasteiger partial charge is 0.465 e. The van der Waals surface area contributed by atoms with Gasteiger partial charge in [0.05, 0.1) is 12.9 Å². The SMILES string of the molecule is COC(=O)c1c(-c2ccccc2)csc1NC(=O)CSc1nnc(-c2ccc(Br)o2)n1C(C)C. The van der Waals surface area contributed by atoms with Gasteiger partial charge in [-0.3, -0.25) is 9.36 Å². The Kier molecular flexibility index (Phi) is 7.54. The minimum atomic E-state index is -0.503. The summed E-state index contributed by atoms with van der Waals surface area (Å²) in [5, 5.41) is 14.2. The van der Waals surface area contributed by atoms with Gasteiger partial charge in [0.15, 0.2) is 15.6 Å². The number of aromatic nitrogens is 3. The van der Waals surface area contributed by atoms with Gasteiger partial charge in [-0.1, -0.05) is 42.1 Å². The van der Waals surface area contributed by atoms with Gasteiger partial charge in [0.2, 0.25) is 11.7 Å². The summed E-state index contributed by atoms with van der Waals surface area (Å²) in [6.07, 6.45) is 0.